The lowest BCUT2D eigenvalue weighted by Crippen LogP contribution is -2.35. The molecule has 8 nitrogen and oxygen atoms in total. The van der Waals surface area contributed by atoms with Crippen molar-refractivity contribution in [2.45, 2.75) is 39.2 Å². The number of benzene rings is 1. The molecule has 0 radical (unpaired) electrons. The van der Waals surface area contributed by atoms with Gasteiger partial charge in [-0.25, -0.2) is 4.98 Å². The average Bonchev–Trinajstić information content (AvgIpc) is 3.11. The Kier molecular flexibility index (Phi) is 6.53. The number of anilines is 3. The molecule has 1 aromatic carbocycles. The second-order valence-electron chi connectivity index (χ2n) is 7.11. The molecule has 29 heavy (non-hydrogen) atoms. The van der Waals surface area contributed by atoms with Gasteiger partial charge in [-0.2, -0.15) is 4.98 Å². The minimum absolute atomic E-state index is 0.0301. The zero-order valence-corrected chi connectivity index (χ0v) is 17.3. The van der Waals surface area contributed by atoms with Gasteiger partial charge >= 0.3 is 0 Å². The number of carbonyl (C=O) groups excluding carboxylic acids is 2. The summed E-state index contributed by atoms with van der Waals surface area (Å²) >= 11 is 6.27. The van der Waals surface area contributed by atoms with E-state index in [2.05, 4.69) is 32.4 Å². The lowest BCUT2D eigenvalue weighted by molar-refractivity contribution is -0.119. The van der Waals surface area contributed by atoms with Crippen molar-refractivity contribution >= 4 is 40.9 Å². The average molecular weight is 417 g/mol. The third kappa shape index (κ3) is 5.35. The molecular formula is C20H25ClN6O2. The lowest BCUT2D eigenvalue weighted by atomic mass is 10.2. The summed E-state index contributed by atoms with van der Waals surface area (Å²) in [6.45, 7) is 5.10. The molecule has 1 aliphatic heterocycles. The van der Waals surface area contributed by atoms with Crippen LogP contribution in [0.15, 0.2) is 24.3 Å². The SMILES string of the molecule is CCCc1cc(N2CC[C@H](NC(C)=O)C2)nc(Nc2cc(C(N)=O)ccc2Cl)n1. The molecule has 0 saturated carbocycles. The fourth-order valence-corrected chi connectivity index (χ4v) is 3.52. The molecule has 1 aliphatic rings. The van der Waals surface area contributed by atoms with E-state index in [1.165, 1.54) is 6.92 Å². The van der Waals surface area contributed by atoms with Gasteiger partial charge in [-0.3, -0.25) is 9.59 Å². The Balaban J connectivity index is 1.87. The first-order valence-electron chi connectivity index (χ1n) is 9.62. The Morgan fingerprint density at radius 2 is 2.10 bits per heavy atom. The van der Waals surface area contributed by atoms with Crippen LogP contribution in [0.4, 0.5) is 17.5 Å². The highest BCUT2D eigenvalue weighted by atomic mass is 35.5. The van der Waals surface area contributed by atoms with Gasteiger partial charge in [0.25, 0.3) is 0 Å². The van der Waals surface area contributed by atoms with Crippen LogP contribution in [0.2, 0.25) is 5.02 Å². The van der Waals surface area contributed by atoms with Crippen molar-refractivity contribution in [3.05, 3.63) is 40.5 Å². The van der Waals surface area contributed by atoms with E-state index in [1.54, 1.807) is 18.2 Å². The monoisotopic (exact) mass is 416 g/mol. The van der Waals surface area contributed by atoms with Crippen LogP contribution in [0.25, 0.3) is 0 Å². The summed E-state index contributed by atoms with van der Waals surface area (Å²) in [5, 5.41) is 6.51. The quantitative estimate of drug-likeness (QED) is 0.639. The van der Waals surface area contributed by atoms with Crippen molar-refractivity contribution in [1.82, 2.24) is 15.3 Å². The van der Waals surface area contributed by atoms with E-state index in [9.17, 15) is 9.59 Å². The van der Waals surface area contributed by atoms with Gasteiger partial charge in [0.1, 0.15) is 5.82 Å². The maximum Gasteiger partial charge on any atom is 0.248 e. The highest BCUT2D eigenvalue weighted by Crippen LogP contribution is 2.27. The first-order valence-corrected chi connectivity index (χ1v) is 10.00. The molecule has 1 aromatic heterocycles. The Hall–Kier alpha value is -2.87. The van der Waals surface area contributed by atoms with E-state index >= 15 is 0 Å². The van der Waals surface area contributed by atoms with E-state index in [-0.39, 0.29) is 11.9 Å². The maximum absolute atomic E-state index is 11.5. The number of halogens is 1. The minimum Gasteiger partial charge on any atom is -0.366 e. The van der Waals surface area contributed by atoms with E-state index in [0.29, 0.717) is 28.8 Å². The Bertz CT molecular complexity index is 920. The van der Waals surface area contributed by atoms with Crippen molar-refractivity contribution in [1.29, 1.82) is 0 Å². The van der Waals surface area contributed by atoms with Crippen LogP contribution in [0.1, 0.15) is 42.7 Å². The van der Waals surface area contributed by atoms with Gasteiger partial charge in [0, 0.05) is 43.4 Å². The molecule has 1 saturated heterocycles. The number of hydrogen-bond acceptors (Lipinski definition) is 6. The molecule has 1 fully saturated rings. The number of hydrogen-bond donors (Lipinski definition) is 3. The van der Waals surface area contributed by atoms with Crippen LogP contribution < -0.4 is 21.3 Å². The van der Waals surface area contributed by atoms with E-state index in [1.807, 2.05) is 6.07 Å². The summed E-state index contributed by atoms with van der Waals surface area (Å²) in [5.74, 6) is 0.628. The molecule has 1 atom stereocenters. The number of amides is 2. The molecule has 3 rings (SSSR count). The molecule has 2 heterocycles. The standard InChI is InChI=1S/C20H25ClN6O2/c1-3-4-14-10-18(27-8-7-15(11-27)23-12(2)28)26-20(24-14)25-17-9-13(19(22)29)5-6-16(17)21/h5-6,9-10,15H,3-4,7-8,11H2,1-2H3,(H2,22,29)(H,23,28)(H,24,25,26)/t15-/m0/s1. The second kappa shape index (κ2) is 9.09. The summed E-state index contributed by atoms with van der Waals surface area (Å²) in [7, 11) is 0. The normalized spacial score (nSPS) is 16.0. The van der Waals surface area contributed by atoms with Crippen molar-refractivity contribution in [3.63, 3.8) is 0 Å². The van der Waals surface area contributed by atoms with Gasteiger partial charge in [0.15, 0.2) is 0 Å². The third-order valence-corrected chi connectivity index (χ3v) is 5.02. The highest BCUT2D eigenvalue weighted by molar-refractivity contribution is 6.33. The Morgan fingerprint density at radius 1 is 1.31 bits per heavy atom. The fourth-order valence-electron chi connectivity index (χ4n) is 3.35. The van der Waals surface area contributed by atoms with Crippen LogP contribution in [0, 0.1) is 0 Å². The highest BCUT2D eigenvalue weighted by Gasteiger charge is 2.25. The first kappa shape index (κ1) is 20.9. The number of nitrogens with one attached hydrogen (secondary N) is 2. The van der Waals surface area contributed by atoms with E-state index < -0.39 is 5.91 Å². The third-order valence-electron chi connectivity index (χ3n) is 4.69. The topological polar surface area (TPSA) is 113 Å². The van der Waals surface area contributed by atoms with Gasteiger partial charge in [0.2, 0.25) is 17.8 Å². The predicted octanol–water partition coefficient (Wildman–Crippen LogP) is 2.64. The number of nitrogens with zero attached hydrogens (tertiary/aromatic N) is 3. The van der Waals surface area contributed by atoms with Gasteiger partial charge in [0.05, 0.1) is 10.7 Å². The van der Waals surface area contributed by atoms with Crippen LogP contribution in [0.5, 0.6) is 0 Å². The van der Waals surface area contributed by atoms with Gasteiger partial charge in [-0.1, -0.05) is 24.9 Å². The lowest BCUT2D eigenvalue weighted by Gasteiger charge is -2.20. The number of aryl methyl sites for hydroxylation is 1. The zero-order chi connectivity index (χ0) is 21.0. The van der Waals surface area contributed by atoms with Crippen LogP contribution in [-0.4, -0.2) is 40.9 Å². The number of aromatic nitrogens is 2. The molecule has 2 aromatic rings. The second-order valence-corrected chi connectivity index (χ2v) is 7.51. The van der Waals surface area contributed by atoms with Gasteiger partial charge < -0.3 is 21.3 Å². The molecular weight excluding hydrogens is 392 g/mol. The summed E-state index contributed by atoms with van der Waals surface area (Å²) in [6.07, 6.45) is 2.62. The van der Waals surface area contributed by atoms with Gasteiger partial charge in [-0.05, 0) is 31.0 Å². The number of rotatable bonds is 7. The van der Waals surface area contributed by atoms with Crippen LogP contribution in [0.3, 0.4) is 0 Å². The van der Waals surface area contributed by atoms with Crippen molar-refractivity contribution < 1.29 is 9.59 Å². The molecule has 9 heteroatoms. The molecule has 0 unspecified atom stereocenters. The summed E-state index contributed by atoms with van der Waals surface area (Å²) in [5.41, 5.74) is 7.13. The predicted molar refractivity (Wildman–Crippen MR) is 114 cm³/mol. The van der Waals surface area contributed by atoms with Gasteiger partial charge in [-0.15, -0.1) is 0 Å². The minimum atomic E-state index is -0.535. The Labute approximate surface area is 174 Å². The number of primary amides is 1. The van der Waals surface area contributed by atoms with Crippen molar-refractivity contribution in [3.8, 4) is 0 Å². The zero-order valence-electron chi connectivity index (χ0n) is 16.5. The smallest absolute Gasteiger partial charge is 0.248 e. The molecule has 0 aliphatic carbocycles. The van der Waals surface area contributed by atoms with Crippen molar-refractivity contribution in [2.75, 3.05) is 23.3 Å². The molecule has 0 bridgehead atoms. The van der Waals surface area contributed by atoms with Crippen LogP contribution in [-0.2, 0) is 11.2 Å². The maximum atomic E-state index is 11.5. The van der Waals surface area contributed by atoms with E-state index in [0.717, 1.165) is 37.3 Å². The Morgan fingerprint density at radius 3 is 2.79 bits per heavy atom. The largest absolute Gasteiger partial charge is 0.366 e. The molecule has 2 amide bonds. The van der Waals surface area contributed by atoms with Crippen molar-refractivity contribution in [2.24, 2.45) is 5.73 Å². The number of carbonyl (C=O) groups is 2. The summed E-state index contributed by atoms with van der Waals surface area (Å²) in [6, 6.07) is 6.85. The molecule has 0 spiro atoms. The molecule has 4 N–H and O–H groups in total. The summed E-state index contributed by atoms with van der Waals surface area (Å²) in [4.78, 5) is 34.2. The van der Waals surface area contributed by atoms with E-state index in [4.69, 9.17) is 17.3 Å². The first-order chi connectivity index (χ1) is 13.9. The summed E-state index contributed by atoms with van der Waals surface area (Å²) < 4.78 is 0. The molecule has 154 valence electrons. The fraction of sp³-hybridized carbons (Fsp3) is 0.400. The number of nitrogens with two attached hydrogens (primary N) is 1. The van der Waals surface area contributed by atoms with Crippen LogP contribution >= 0.6 is 11.6 Å².